The number of aromatic nitrogens is 3. The topological polar surface area (TPSA) is 77.3 Å². The molecule has 3 aromatic carbocycles. The molecule has 0 radical (unpaired) electrons. The molecule has 1 aromatic heterocycles. The number of benzene rings is 3. The molecule has 2 heterocycles. The van der Waals surface area contributed by atoms with E-state index in [0.717, 1.165) is 22.6 Å². The first kappa shape index (κ1) is 20.4. The van der Waals surface area contributed by atoms with Crippen LogP contribution >= 0.6 is 0 Å². The first-order valence-corrected chi connectivity index (χ1v) is 11.8. The molecule has 162 valence electrons. The van der Waals surface area contributed by atoms with Gasteiger partial charge in [0.25, 0.3) is 0 Å². The summed E-state index contributed by atoms with van der Waals surface area (Å²) in [5.41, 5.74) is 2.77. The van der Waals surface area contributed by atoms with Gasteiger partial charge in [0.1, 0.15) is 17.2 Å². The third kappa shape index (κ3) is 3.90. The largest absolute Gasteiger partial charge is 0.457 e. The van der Waals surface area contributed by atoms with Gasteiger partial charge in [0.2, 0.25) is 10.0 Å². The average molecular weight is 447 g/mol. The van der Waals surface area contributed by atoms with Crippen molar-refractivity contribution in [3.05, 3.63) is 90.6 Å². The highest BCUT2D eigenvalue weighted by molar-refractivity contribution is 7.89. The van der Waals surface area contributed by atoms with E-state index >= 15 is 0 Å². The van der Waals surface area contributed by atoms with Gasteiger partial charge in [0.05, 0.1) is 17.1 Å². The molecule has 8 heteroatoms. The Morgan fingerprint density at radius 3 is 2.31 bits per heavy atom. The molecule has 1 aliphatic heterocycles. The summed E-state index contributed by atoms with van der Waals surface area (Å²) in [6.45, 7) is 2.69. The number of sulfonamides is 1. The third-order valence-corrected chi connectivity index (χ3v) is 7.41. The minimum absolute atomic E-state index is 0.0293. The van der Waals surface area contributed by atoms with Gasteiger partial charge in [-0.1, -0.05) is 53.7 Å². The van der Waals surface area contributed by atoms with Crippen molar-refractivity contribution < 1.29 is 13.2 Å². The summed E-state index contributed by atoms with van der Waals surface area (Å²) in [6.07, 6.45) is 1.86. The molecule has 1 aliphatic rings. The van der Waals surface area contributed by atoms with Gasteiger partial charge in [-0.3, -0.25) is 0 Å². The second kappa shape index (κ2) is 8.22. The number of rotatable bonds is 6. The Labute approximate surface area is 186 Å². The Balaban J connectivity index is 1.24. The van der Waals surface area contributed by atoms with Crippen LogP contribution < -0.4 is 4.74 Å². The van der Waals surface area contributed by atoms with Crippen LogP contribution in [0.15, 0.2) is 90.0 Å². The number of nitrogens with zero attached hydrogens (tertiary/aromatic N) is 4. The van der Waals surface area contributed by atoms with Gasteiger partial charge >= 0.3 is 0 Å². The van der Waals surface area contributed by atoms with Gasteiger partial charge in [-0.05, 0) is 42.8 Å². The van der Waals surface area contributed by atoms with Crippen molar-refractivity contribution in [3.8, 4) is 22.8 Å². The number of hydrogen-bond donors (Lipinski definition) is 0. The summed E-state index contributed by atoms with van der Waals surface area (Å²) in [7, 11) is -3.57. The van der Waals surface area contributed by atoms with E-state index in [1.54, 1.807) is 28.9 Å². The van der Waals surface area contributed by atoms with Crippen LogP contribution in [0.25, 0.3) is 11.3 Å². The molecule has 0 N–H and O–H groups in total. The van der Waals surface area contributed by atoms with Crippen molar-refractivity contribution in [2.24, 2.45) is 0 Å². The summed E-state index contributed by atoms with van der Waals surface area (Å²) in [5.74, 6) is 1.34. The smallest absolute Gasteiger partial charge is 0.243 e. The zero-order valence-electron chi connectivity index (χ0n) is 17.5. The predicted molar refractivity (Wildman–Crippen MR) is 121 cm³/mol. The van der Waals surface area contributed by atoms with E-state index in [1.165, 1.54) is 4.31 Å². The van der Waals surface area contributed by atoms with Gasteiger partial charge in [0, 0.05) is 18.7 Å². The second-order valence-electron chi connectivity index (χ2n) is 7.76. The van der Waals surface area contributed by atoms with Gasteiger partial charge in [-0.2, -0.15) is 4.31 Å². The lowest BCUT2D eigenvalue weighted by Crippen LogP contribution is -2.50. The minimum atomic E-state index is -3.57. The Hall–Kier alpha value is -3.49. The van der Waals surface area contributed by atoms with Gasteiger partial charge in [-0.25, -0.2) is 13.1 Å². The number of ether oxygens (including phenoxy) is 1. The fourth-order valence-electron chi connectivity index (χ4n) is 3.60. The molecular formula is C24H22N4O3S. The molecule has 0 aliphatic carbocycles. The third-order valence-electron chi connectivity index (χ3n) is 5.57. The molecule has 0 bridgehead atoms. The second-order valence-corrected chi connectivity index (χ2v) is 9.70. The molecule has 5 rings (SSSR count). The van der Waals surface area contributed by atoms with Crippen LogP contribution in [0.1, 0.15) is 11.6 Å². The Kier molecular flexibility index (Phi) is 5.24. The standard InChI is InChI=1S/C24H22N4O3S/c1-18-7-5-6-10-24(18)31-21-11-13-22(14-12-21)32(29,30)27-15-20(16-27)28-17-23(25-26-28)19-8-3-2-4-9-19/h2-14,17,20H,15-16H2,1H3. The average Bonchev–Trinajstić information content (AvgIpc) is 3.25. The molecule has 0 unspecified atom stereocenters. The molecule has 0 atom stereocenters. The summed E-state index contributed by atoms with van der Waals surface area (Å²) < 4.78 is 35.0. The molecule has 0 spiro atoms. The lowest BCUT2D eigenvalue weighted by atomic mass is 10.1. The number of para-hydroxylation sites is 1. The van der Waals surface area contributed by atoms with Crippen LogP contribution in [-0.2, 0) is 10.0 Å². The molecule has 1 saturated heterocycles. The highest BCUT2D eigenvalue weighted by Gasteiger charge is 2.38. The van der Waals surface area contributed by atoms with Crippen LogP contribution in [0.3, 0.4) is 0 Å². The van der Waals surface area contributed by atoms with Crippen molar-refractivity contribution in [2.45, 2.75) is 17.9 Å². The highest BCUT2D eigenvalue weighted by atomic mass is 32.2. The summed E-state index contributed by atoms with van der Waals surface area (Å²) in [6, 6.07) is 24.0. The zero-order chi connectivity index (χ0) is 22.1. The Morgan fingerprint density at radius 2 is 1.59 bits per heavy atom. The minimum Gasteiger partial charge on any atom is -0.457 e. The fraction of sp³-hybridized carbons (Fsp3) is 0.167. The van der Waals surface area contributed by atoms with E-state index in [4.69, 9.17) is 4.74 Å². The molecule has 32 heavy (non-hydrogen) atoms. The van der Waals surface area contributed by atoms with Crippen molar-refractivity contribution in [2.75, 3.05) is 13.1 Å². The molecule has 0 saturated carbocycles. The maximum atomic E-state index is 13.0. The fourth-order valence-corrected chi connectivity index (χ4v) is 5.12. The molecule has 4 aromatic rings. The maximum absolute atomic E-state index is 13.0. The van der Waals surface area contributed by atoms with Gasteiger partial charge < -0.3 is 4.74 Å². The van der Waals surface area contributed by atoms with E-state index in [2.05, 4.69) is 10.3 Å². The highest BCUT2D eigenvalue weighted by Crippen LogP contribution is 2.31. The van der Waals surface area contributed by atoms with Crippen LogP contribution in [0, 0.1) is 6.92 Å². The van der Waals surface area contributed by atoms with Crippen LogP contribution in [0.2, 0.25) is 0 Å². The van der Waals surface area contributed by atoms with Crippen molar-refractivity contribution in [1.82, 2.24) is 19.3 Å². The quantitative estimate of drug-likeness (QED) is 0.442. The summed E-state index contributed by atoms with van der Waals surface area (Å²) >= 11 is 0. The first-order valence-electron chi connectivity index (χ1n) is 10.3. The Bertz CT molecular complexity index is 1330. The van der Waals surface area contributed by atoms with E-state index in [0.29, 0.717) is 18.8 Å². The van der Waals surface area contributed by atoms with Crippen molar-refractivity contribution >= 4 is 10.0 Å². The Morgan fingerprint density at radius 1 is 0.906 bits per heavy atom. The zero-order valence-corrected chi connectivity index (χ0v) is 18.3. The maximum Gasteiger partial charge on any atom is 0.243 e. The van der Waals surface area contributed by atoms with Crippen LogP contribution in [-0.4, -0.2) is 40.8 Å². The van der Waals surface area contributed by atoms with Gasteiger partial charge in [-0.15, -0.1) is 5.10 Å². The summed E-state index contributed by atoms with van der Waals surface area (Å²) in [5, 5.41) is 8.41. The summed E-state index contributed by atoms with van der Waals surface area (Å²) in [4.78, 5) is 0.247. The monoisotopic (exact) mass is 446 g/mol. The normalized spacial score (nSPS) is 14.8. The van der Waals surface area contributed by atoms with Crippen LogP contribution in [0.4, 0.5) is 0 Å². The lowest BCUT2D eigenvalue weighted by molar-refractivity contribution is 0.189. The van der Waals surface area contributed by atoms with Crippen molar-refractivity contribution in [3.63, 3.8) is 0 Å². The predicted octanol–water partition coefficient (Wildman–Crippen LogP) is 4.29. The van der Waals surface area contributed by atoms with E-state index in [9.17, 15) is 8.42 Å². The van der Waals surface area contributed by atoms with Crippen molar-refractivity contribution in [1.29, 1.82) is 0 Å². The number of aryl methyl sites for hydroxylation is 1. The van der Waals surface area contributed by atoms with E-state index in [1.807, 2.05) is 67.7 Å². The molecule has 0 amide bonds. The molecular weight excluding hydrogens is 424 g/mol. The lowest BCUT2D eigenvalue weighted by Gasteiger charge is -2.37. The van der Waals surface area contributed by atoms with Crippen LogP contribution in [0.5, 0.6) is 11.5 Å². The molecule has 1 fully saturated rings. The SMILES string of the molecule is Cc1ccccc1Oc1ccc(S(=O)(=O)N2CC(n3cc(-c4ccccc4)nn3)C2)cc1. The van der Waals surface area contributed by atoms with Gasteiger partial charge in [0.15, 0.2) is 0 Å². The van der Waals surface area contributed by atoms with E-state index < -0.39 is 10.0 Å². The number of hydrogen-bond acceptors (Lipinski definition) is 5. The first-order chi connectivity index (χ1) is 15.5. The van der Waals surface area contributed by atoms with E-state index in [-0.39, 0.29) is 10.9 Å². The molecule has 7 nitrogen and oxygen atoms in total.